The highest BCUT2D eigenvalue weighted by Crippen LogP contribution is 2.36. The first kappa shape index (κ1) is 21.2. The van der Waals surface area contributed by atoms with Gasteiger partial charge in [-0.15, -0.1) is 0 Å². The molecule has 1 aliphatic heterocycles. The van der Waals surface area contributed by atoms with Crippen LogP contribution in [0, 0.1) is 0 Å². The maximum atomic E-state index is 13.5. The van der Waals surface area contributed by atoms with Gasteiger partial charge < -0.3 is 14.8 Å². The number of hydrogen-bond acceptors (Lipinski definition) is 5. The molecule has 162 valence electrons. The molecule has 0 aliphatic carbocycles. The second-order valence-corrected chi connectivity index (χ2v) is 7.22. The molecular weight excluding hydrogens is 404 g/mol. The van der Waals surface area contributed by atoms with E-state index in [2.05, 4.69) is 5.32 Å². The first-order valence-electron chi connectivity index (χ1n) is 10.4. The summed E-state index contributed by atoms with van der Waals surface area (Å²) in [5.41, 5.74) is 2.58. The summed E-state index contributed by atoms with van der Waals surface area (Å²) in [5, 5.41) is 3.17. The van der Waals surface area contributed by atoms with Crippen LogP contribution < -0.4 is 14.8 Å². The number of amides is 2. The van der Waals surface area contributed by atoms with Crippen molar-refractivity contribution in [2.75, 3.05) is 19.0 Å². The molecule has 6 nitrogen and oxygen atoms in total. The Morgan fingerprint density at radius 3 is 2.38 bits per heavy atom. The number of nitrogens with one attached hydrogen (secondary N) is 1. The van der Waals surface area contributed by atoms with Crippen molar-refractivity contribution < 1.29 is 19.1 Å². The lowest BCUT2D eigenvalue weighted by Gasteiger charge is -2.15. The number of para-hydroxylation sites is 1. The second-order valence-electron chi connectivity index (χ2n) is 7.22. The van der Waals surface area contributed by atoms with Gasteiger partial charge in [-0.1, -0.05) is 54.6 Å². The lowest BCUT2D eigenvalue weighted by Crippen LogP contribution is -2.32. The van der Waals surface area contributed by atoms with E-state index in [0.29, 0.717) is 29.4 Å². The quantitative estimate of drug-likeness (QED) is 0.536. The van der Waals surface area contributed by atoms with E-state index in [1.807, 2.05) is 67.6 Å². The smallest absolute Gasteiger partial charge is 0.278 e. The number of imide groups is 1. The molecule has 0 spiro atoms. The van der Waals surface area contributed by atoms with Crippen LogP contribution in [0.25, 0.3) is 5.57 Å². The van der Waals surface area contributed by atoms with Crippen molar-refractivity contribution in [3.63, 3.8) is 0 Å². The minimum absolute atomic E-state index is 0.182. The molecule has 6 heteroatoms. The zero-order valence-corrected chi connectivity index (χ0v) is 18.0. The van der Waals surface area contributed by atoms with Gasteiger partial charge >= 0.3 is 0 Å². The summed E-state index contributed by atoms with van der Waals surface area (Å²) >= 11 is 0. The minimum atomic E-state index is -0.387. The maximum absolute atomic E-state index is 13.5. The van der Waals surface area contributed by atoms with Crippen molar-refractivity contribution in [1.82, 2.24) is 4.90 Å². The van der Waals surface area contributed by atoms with Crippen LogP contribution in [0.2, 0.25) is 0 Å². The van der Waals surface area contributed by atoms with Crippen molar-refractivity contribution in [3.8, 4) is 11.5 Å². The molecule has 0 saturated heterocycles. The van der Waals surface area contributed by atoms with Crippen molar-refractivity contribution >= 4 is 23.1 Å². The molecule has 0 unspecified atom stereocenters. The highest BCUT2D eigenvalue weighted by atomic mass is 16.5. The fraction of sp³-hybridized carbons (Fsp3) is 0.154. The first-order chi connectivity index (χ1) is 15.6. The fourth-order valence-electron chi connectivity index (χ4n) is 3.68. The number of hydrogen-bond donors (Lipinski definition) is 1. The molecule has 4 rings (SSSR count). The zero-order valence-electron chi connectivity index (χ0n) is 18.0. The normalized spacial score (nSPS) is 13.5. The molecule has 0 saturated carbocycles. The number of methoxy groups -OCH3 is 1. The first-order valence-corrected chi connectivity index (χ1v) is 10.4. The van der Waals surface area contributed by atoms with Gasteiger partial charge in [0.1, 0.15) is 17.2 Å². The Morgan fingerprint density at radius 1 is 0.875 bits per heavy atom. The van der Waals surface area contributed by atoms with Crippen LogP contribution in [0.1, 0.15) is 18.1 Å². The SMILES string of the molecule is CCOc1cccc(NC2=C(c3ccccc3OC)C(=O)N(Cc3ccccc3)C2=O)c1. The van der Waals surface area contributed by atoms with E-state index in [9.17, 15) is 9.59 Å². The summed E-state index contributed by atoms with van der Waals surface area (Å²) in [6.07, 6.45) is 0. The molecule has 3 aromatic carbocycles. The van der Waals surface area contributed by atoms with E-state index in [1.54, 1.807) is 25.3 Å². The molecule has 0 atom stereocenters. The van der Waals surface area contributed by atoms with Gasteiger partial charge in [-0.2, -0.15) is 0 Å². The molecule has 1 heterocycles. The number of rotatable bonds is 8. The molecule has 1 aliphatic rings. The average Bonchev–Trinajstić information content (AvgIpc) is 3.04. The van der Waals surface area contributed by atoms with E-state index in [4.69, 9.17) is 9.47 Å². The second kappa shape index (κ2) is 9.39. The van der Waals surface area contributed by atoms with E-state index in [1.165, 1.54) is 4.90 Å². The van der Waals surface area contributed by atoms with Crippen molar-refractivity contribution in [3.05, 3.63) is 95.7 Å². The zero-order chi connectivity index (χ0) is 22.5. The largest absolute Gasteiger partial charge is 0.496 e. The summed E-state index contributed by atoms with van der Waals surface area (Å²) in [7, 11) is 1.54. The molecule has 0 fully saturated rings. The van der Waals surface area contributed by atoms with Crippen LogP contribution in [0.3, 0.4) is 0 Å². The fourth-order valence-corrected chi connectivity index (χ4v) is 3.68. The van der Waals surface area contributed by atoms with Gasteiger partial charge in [0.15, 0.2) is 0 Å². The van der Waals surface area contributed by atoms with Crippen LogP contribution >= 0.6 is 0 Å². The third-order valence-electron chi connectivity index (χ3n) is 5.14. The Kier molecular flexibility index (Phi) is 6.22. The number of carbonyl (C=O) groups is 2. The number of nitrogens with zero attached hydrogens (tertiary/aromatic N) is 1. The standard InChI is InChI=1S/C26H24N2O4/c1-3-32-20-13-9-12-19(16-20)27-24-23(21-14-7-8-15-22(21)31-2)25(29)28(26(24)30)17-18-10-5-4-6-11-18/h4-16,27H,3,17H2,1-2H3. The number of anilines is 1. The van der Waals surface area contributed by atoms with E-state index >= 15 is 0 Å². The third kappa shape index (κ3) is 4.21. The summed E-state index contributed by atoms with van der Waals surface area (Å²) < 4.78 is 11.0. The van der Waals surface area contributed by atoms with E-state index < -0.39 is 0 Å². The van der Waals surface area contributed by atoms with Gasteiger partial charge in [-0.3, -0.25) is 14.5 Å². The number of ether oxygens (including phenoxy) is 2. The Labute approximate surface area is 187 Å². The Bertz CT molecular complexity index is 1170. The molecule has 32 heavy (non-hydrogen) atoms. The molecule has 0 radical (unpaired) electrons. The van der Waals surface area contributed by atoms with Gasteiger partial charge in [0.2, 0.25) is 0 Å². The van der Waals surface area contributed by atoms with Gasteiger partial charge in [0.05, 0.1) is 25.8 Å². The summed E-state index contributed by atoms with van der Waals surface area (Å²) in [5.74, 6) is 0.441. The molecular formula is C26H24N2O4. The topological polar surface area (TPSA) is 67.9 Å². The van der Waals surface area contributed by atoms with Gasteiger partial charge in [0, 0.05) is 17.3 Å². The monoisotopic (exact) mass is 428 g/mol. The summed E-state index contributed by atoms with van der Waals surface area (Å²) in [6.45, 7) is 2.62. The lowest BCUT2D eigenvalue weighted by atomic mass is 10.0. The van der Waals surface area contributed by atoms with Crippen LogP contribution in [-0.4, -0.2) is 30.4 Å². The Hall–Kier alpha value is -4.06. The van der Waals surface area contributed by atoms with Crippen molar-refractivity contribution in [2.24, 2.45) is 0 Å². The third-order valence-corrected chi connectivity index (χ3v) is 5.14. The van der Waals surface area contributed by atoms with Crippen LogP contribution in [-0.2, 0) is 16.1 Å². The molecule has 2 amide bonds. The van der Waals surface area contributed by atoms with Gasteiger partial charge in [0.25, 0.3) is 11.8 Å². The summed E-state index contributed by atoms with van der Waals surface area (Å²) in [4.78, 5) is 28.2. The van der Waals surface area contributed by atoms with Crippen LogP contribution in [0.15, 0.2) is 84.6 Å². The van der Waals surface area contributed by atoms with E-state index in [-0.39, 0.29) is 29.6 Å². The maximum Gasteiger partial charge on any atom is 0.278 e. The highest BCUT2D eigenvalue weighted by Gasteiger charge is 2.40. The Balaban J connectivity index is 1.77. The van der Waals surface area contributed by atoms with Gasteiger partial charge in [-0.25, -0.2) is 0 Å². The molecule has 0 bridgehead atoms. The van der Waals surface area contributed by atoms with Crippen LogP contribution in [0.4, 0.5) is 5.69 Å². The van der Waals surface area contributed by atoms with Gasteiger partial charge in [-0.05, 0) is 30.7 Å². The Morgan fingerprint density at radius 2 is 1.62 bits per heavy atom. The predicted octanol–water partition coefficient (Wildman–Crippen LogP) is 4.49. The van der Waals surface area contributed by atoms with Crippen molar-refractivity contribution in [2.45, 2.75) is 13.5 Å². The summed E-state index contributed by atoms with van der Waals surface area (Å²) in [6, 6.07) is 23.9. The molecule has 1 N–H and O–H groups in total. The van der Waals surface area contributed by atoms with Crippen molar-refractivity contribution in [1.29, 1.82) is 0 Å². The van der Waals surface area contributed by atoms with Crippen LogP contribution in [0.5, 0.6) is 11.5 Å². The average molecular weight is 428 g/mol. The van der Waals surface area contributed by atoms with E-state index in [0.717, 1.165) is 5.56 Å². The highest BCUT2D eigenvalue weighted by molar-refractivity contribution is 6.36. The molecule has 0 aromatic heterocycles. The number of carbonyl (C=O) groups excluding carboxylic acids is 2. The number of benzene rings is 3. The molecule has 3 aromatic rings. The predicted molar refractivity (Wildman–Crippen MR) is 123 cm³/mol. The lowest BCUT2D eigenvalue weighted by molar-refractivity contribution is -0.137. The minimum Gasteiger partial charge on any atom is -0.496 e.